The molecule has 2 nitrogen and oxygen atoms in total. The zero-order valence-corrected chi connectivity index (χ0v) is 10.2. The van der Waals surface area contributed by atoms with Crippen LogP contribution in [0.4, 0.5) is 0 Å². The summed E-state index contributed by atoms with van der Waals surface area (Å²) in [5, 5.41) is 0. The van der Waals surface area contributed by atoms with Crippen molar-refractivity contribution in [2.45, 2.75) is 4.90 Å². The number of amides is 1. The molecule has 0 fully saturated rings. The Kier molecular flexibility index (Phi) is 4.72. The molecule has 0 radical (unpaired) electrons. The van der Waals surface area contributed by atoms with E-state index in [1.165, 1.54) is 22.2 Å². The van der Waals surface area contributed by atoms with Crippen molar-refractivity contribution in [3.63, 3.8) is 0 Å². The molecule has 0 aliphatic carbocycles. The fourth-order valence-electron chi connectivity index (χ4n) is 0.948. The standard InChI is InChI=1S/C11H12ClNOS/c1-13(2)11(14)10(8-12)15-9-6-4-3-5-7-9/h3-8H,1-2H3/b10-8+. The number of hydrogen-bond donors (Lipinski definition) is 0. The molecule has 0 saturated carbocycles. The summed E-state index contributed by atoms with van der Waals surface area (Å²) >= 11 is 6.99. The van der Waals surface area contributed by atoms with E-state index in [0.29, 0.717) is 4.91 Å². The first kappa shape index (κ1) is 12.1. The van der Waals surface area contributed by atoms with Crippen molar-refractivity contribution in [1.29, 1.82) is 0 Å². The monoisotopic (exact) mass is 241 g/mol. The largest absolute Gasteiger partial charge is 0.344 e. The molecule has 0 aliphatic heterocycles. The number of thioether (sulfide) groups is 1. The second-order valence-electron chi connectivity index (χ2n) is 3.09. The number of carbonyl (C=O) groups is 1. The average Bonchev–Trinajstić information content (AvgIpc) is 2.26. The van der Waals surface area contributed by atoms with Gasteiger partial charge in [0.15, 0.2) is 0 Å². The minimum absolute atomic E-state index is 0.0844. The molecule has 0 bridgehead atoms. The molecule has 80 valence electrons. The first-order valence-electron chi connectivity index (χ1n) is 4.40. The van der Waals surface area contributed by atoms with Gasteiger partial charge in [0.25, 0.3) is 5.91 Å². The Hall–Kier alpha value is -0.930. The van der Waals surface area contributed by atoms with E-state index >= 15 is 0 Å². The van der Waals surface area contributed by atoms with Crippen LogP contribution in [-0.4, -0.2) is 24.9 Å². The van der Waals surface area contributed by atoms with Crippen molar-refractivity contribution in [3.05, 3.63) is 40.8 Å². The van der Waals surface area contributed by atoms with Gasteiger partial charge >= 0.3 is 0 Å². The maximum absolute atomic E-state index is 11.6. The van der Waals surface area contributed by atoms with Gasteiger partial charge in [-0.3, -0.25) is 4.79 Å². The summed E-state index contributed by atoms with van der Waals surface area (Å²) in [6.45, 7) is 0. The topological polar surface area (TPSA) is 20.3 Å². The number of benzene rings is 1. The van der Waals surface area contributed by atoms with Crippen LogP contribution in [-0.2, 0) is 4.79 Å². The minimum atomic E-state index is -0.0844. The third-order valence-electron chi connectivity index (χ3n) is 1.69. The number of rotatable bonds is 3. The molecule has 4 heteroatoms. The van der Waals surface area contributed by atoms with Crippen LogP contribution in [0.1, 0.15) is 0 Å². The number of nitrogens with zero attached hydrogens (tertiary/aromatic N) is 1. The van der Waals surface area contributed by atoms with Gasteiger partial charge in [0.1, 0.15) is 0 Å². The Bertz CT molecular complexity index is 362. The van der Waals surface area contributed by atoms with Gasteiger partial charge in [-0.15, -0.1) is 0 Å². The lowest BCUT2D eigenvalue weighted by atomic mass is 10.4. The van der Waals surface area contributed by atoms with E-state index in [4.69, 9.17) is 11.6 Å². The van der Waals surface area contributed by atoms with Crippen LogP contribution in [0.2, 0.25) is 0 Å². The molecule has 1 aromatic carbocycles. The highest BCUT2D eigenvalue weighted by Crippen LogP contribution is 2.27. The predicted molar refractivity (Wildman–Crippen MR) is 64.9 cm³/mol. The van der Waals surface area contributed by atoms with E-state index in [0.717, 1.165) is 4.90 Å². The van der Waals surface area contributed by atoms with Crippen LogP contribution in [0.25, 0.3) is 0 Å². The average molecular weight is 242 g/mol. The maximum atomic E-state index is 11.6. The van der Waals surface area contributed by atoms with Gasteiger partial charge in [0.05, 0.1) is 4.91 Å². The van der Waals surface area contributed by atoms with Crippen LogP contribution >= 0.6 is 23.4 Å². The van der Waals surface area contributed by atoms with E-state index < -0.39 is 0 Å². The minimum Gasteiger partial charge on any atom is -0.344 e. The zero-order chi connectivity index (χ0) is 11.3. The summed E-state index contributed by atoms with van der Waals surface area (Å²) < 4.78 is 0. The molecule has 0 saturated heterocycles. The van der Waals surface area contributed by atoms with Crippen molar-refractivity contribution < 1.29 is 4.79 Å². The highest BCUT2D eigenvalue weighted by atomic mass is 35.5. The smallest absolute Gasteiger partial charge is 0.261 e. The summed E-state index contributed by atoms with van der Waals surface area (Å²) in [6, 6.07) is 9.66. The number of hydrogen-bond acceptors (Lipinski definition) is 2. The van der Waals surface area contributed by atoms with Crippen LogP contribution in [0.15, 0.2) is 45.7 Å². The lowest BCUT2D eigenvalue weighted by molar-refractivity contribution is -0.123. The number of likely N-dealkylation sites (N-methyl/N-ethyl adjacent to an activating group) is 1. The van der Waals surface area contributed by atoms with Crippen molar-refractivity contribution in [1.82, 2.24) is 4.90 Å². The van der Waals surface area contributed by atoms with E-state index in [-0.39, 0.29) is 5.91 Å². The zero-order valence-electron chi connectivity index (χ0n) is 8.61. The maximum Gasteiger partial charge on any atom is 0.261 e. The molecule has 1 aromatic rings. The molecule has 0 aliphatic rings. The second-order valence-corrected chi connectivity index (χ2v) is 4.42. The van der Waals surface area contributed by atoms with Crippen molar-refractivity contribution in [3.8, 4) is 0 Å². The first-order valence-corrected chi connectivity index (χ1v) is 5.65. The van der Waals surface area contributed by atoms with E-state index in [9.17, 15) is 4.79 Å². The summed E-state index contributed by atoms with van der Waals surface area (Å²) in [6.07, 6.45) is 0. The Morgan fingerprint density at radius 1 is 1.33 bits per heavy atom. The van der Waals surface area contributed by atoms with Gasteiger partial charge in [0, 0.05) is 24.5 Å². The summed E-state index contributed by atoms with van der Waals surface area (Å²) in [5.41, 5.74) is 1.32. The molecule has 0 aromatic heterocycles. The van der Waals surface area contributed by atoms with E-state index in [2.05, 4.69) is 0 Å². The van der Waals surface area contributed by atoms with Gasteiger partial charge in [-0.1, -0.05) is 41.6 Å². The van der Waals surface area contributed by atoms with E-state index in [1.807, 2.05) is 30.3 Å². The third kappa shape index (κ3) is 3.61. The van der Waals surface area contributed by atoms with Crippen LogP contribution in [0.3, 0.4) is 0 Å². The Morgan fingerprint density at radius 2 is 1.93 bits per heavy atom. The Balaban J connectivity index is 2.76. The van der Waals surface area contributed by atoms with Crippen molar-refractivity contribution >= 4 is 29.3 Å². The number of carbonyl (C=O) groups excluding carboxylic acids is 1. The van der Waals surface area contributed by atoms with Crippen LogP contribution < -0.4 is 0 Å². The summed E-state index contributed by atoms with van der Waals surface area (Å²) in [4.78, 5) is 14.7. The van der Waals surface area contributed by atoms with Gasteiger partial charge in [-0.2, -0.15) is 0 Å². The van der Waals surface area contributed by atoms with Gasteiger partial charge < -0.3 is 4.90 Å². The van der Waals surface area contributed by atoms with Crippen LogP contribution in [0, 0.1) is 0 Å². The third-order valence-corrected chi connectivity index (χ3v) is 3.05. The second kappa shape index (κ2) is 5.83. The highest BCUT2D eigenvalue weighted by molar-refractivity contribution is 8.04. The normalized spacial score (nSPS) is 11.3. The summed E-state index contributed by atoms with van der Waals surface area (Å²) in [7, 11) is 3.41. The molecule has 15 heavy (non-hydrogen) atoms. The fraction of sp³-hybridized carbons (Fsp3) is 0.182. The highest BCUT2D eigenvalue weighted by Gasteiger charge is 2.12. The van der Waals surface area contributed by atoms with Crippen LogP contribution in [0.5, 0.6) is 0 Å². The molecule has 1 amide bonds. The Morgan fingerprint density at radius 3 is 2.40 bits per heavy atom. The fourth-order valence-corrected chi connectivity index (χ4v) is 2.04. The van der Waals surface area contributed by atoms with Gasteiger partial charge in [-0.25, -0.2) is 0 Å². The molecule has 0 unspecified atom stereocenters. The molecule has 0 atom stereocenters. The van der Waals surface area contributed by atoms with Crippen molar-refractivity contribution in [2.75, 3.05) is 14.1 Å². The SMILES string of the molecule is CN(C)C(=O)/C(=C\Cl)Sc1ccccc1. The molecule has 0 N–H and O–H groups in total. The molecular weight excluding hydrogens is 230 g/mol. The number of halogens is 1. The molecule has 0 spiro atoms. The van der Waals surface area contributed by atoms with E-state index in [1.54, 1.807) is 14.1 Å². The quantitative estimate of drug-likeness (QED) is 0.599. The van der Waals surface area contributed by atoms with Gasteiger partial charge in [0.2, 0.25) is 0 Å². The predicted octanol–water partition coefficient (Wildman–Crippen LogP) is 2.95. The Labute approximate surface area is 98.9 Å². The van der Waals surface area contributed by atoms with Gasteiger partial charge in [-0.05, 0) is 12.1 Å². The van der Waals surface area contributed by atoms with Crippen molar-refractivity contribution in [2.24, 2.45) is 0 Å². The molecule has 1 rings (SSSR count). The lowest BCUT2D eigenvalue weighted by Crippen LogP contribution is -2.22. The summed E-state index contributed by atoms with van der Waals surface area (Å²) in [5.74, 6) is -0.0844. The first-order chi connectivity index (χ1) is 7.15. The molecular formula is C11H12ClNOS. The molecule has 0 heterocycles. The lowest BCUT2D eigenvalue weighted by Gasteiger charge is -2.12.